The van der Waals surface area contributed by atoms with Crippen molar-refractivity contribution in [1.82, 2.24) is 25.2 Å². The van der Waals surface area contributed by atoms with E-state index in [0.717, 1.165) is 56.2 Å². The number of fused-ring (bicyclic) bond motifs is 1. The average Bonchev–Trinajstić information content (AvgIpc) is 3.31. The molecule has 3 aliphatic rings. The lowest BCUT2D eigenvalue weighted by Crippen LogP contribution is -2.44. The molecule has 9 nitrogen and oxygen atoms in total. The molecule has 5 rings (SSSR count). The first kappa shape index (κ1) is 16.2. The summed E-state index contributed by atoms with van der Waals surface area (Å²) in [6.07, 6.45) is 5.84. The molecule has 1 aliphatic carbocycles. The van der Waals surface area contributed by atoms with Gasteiger partial charge >= 0.3 is 0 Å². The van der Waals surface area contributed by atoms with E-state index < -0.39 is 0 Å². The summed E-state index contributed by atoms with van der Waals surface area (Å²) in [5.41, 5.74) is 1.88. The Kier molecular flexibility index (Phi) is 3.82. The van der Waals surface area contributed by atoms with Gasteiger partial charge in [-0.2, -0.15) is 9.61 Å². The molecule has 4 heterocycles. The lowest BCUT2D eigenvalue weighted by atomic mass is 10.1. The van der Waals surface area contributed by atoms with Crippen molar-refractivity contribution in [2.24, 2.45) is 0 Å². The number of aromatic nitrogens is 3. The molecule has 2 aromatic rings. The van der Waals surface area contributed by atoms with Gasteiger partial charge in [-0.25, -0.2) is 4.98 Å². The maximum absolute atomic E-state index is 11.9. The first-order valence-electron chi connectivity index (χ1n) is 9.33. The molecule has 27 heavy (non-hydrogen) atoms. The Balaban J connectivity index is 1.58. The number of nitrogens with one attached hydrogen (secondary N) is 3. The Morgan fingerprint density at radius 2 is 2.04 bits per heavy atom. The minimum Gasteiger partial charge on any atom is -0.367 e. The fourth-order valence-electron chi connectivity index (χ4n) is 3.47. The van der Waals surface area contributed by atoms with Crippen LogP contribution >= 0.6 is 0 Å². The van der Waals surface area contributed by atoms with Crippen molar-refractivity contribution in [3.63, 3.8) is 0 Å². The third-order valence-corrected chi connectivity index (χ3v) is 5.08. The van der Waals surface area contributed by atoms with Crippen LogP contribution in [-0.4, -0.2) is 58.6 Å². The summed E-state index contributed by atoms with van der Waals surface area (Å²) in [5, 5.41) is 13.7. The first-order chi connectivity index (χ1) is 13.2. The van der Waals surface area contributed by atoms with E-state index in [4.69, 9.17) is 4.98 Å². The van der Waals surface area contributed by atoms with Crippen LogP contribution in [0.1, 0.15) is 24.8 Å². The molecule has 3 fully saturated rings. The van der Waals surface area contributed by atoms with Gasteiger partial charge in [0.15, 0.2) is 5.65 Å². The normalized spacial score (nSPS) is 21.9. The van der Waals surface area contributed by atoms with Gasteiger partial charge in [-0.15, -0.1) is 0 Å². The summed E-state index contributed by atoms with van der Waals surface area (Å²) in [7, 11) is 0. The summed E-state index contributed by atoms with van der Waals surface area (Å²) < 4.78 is 1.78. The number of carbonyl (C=O) groups excluding carboxylic acids is 2. The van der Waals surface area contributed by atoms with Crippen LogP contribution in [0, 0.1) is 0 Å². The predicted molar refractivity (Wildman–Crippen MR) is 100 cm³/mol. The molecule has 0 aromatic carbocycles. The zero-order chi connectivity index (χ0) is 18.4. The lowest BCUT2D eigenvalue weighted by molar-refractivity contribution is -0.124. The van der Waals surface area contributed by atoms with E-state index in [1.165, 1.54) is 0 Å². The van der Waals surface area contributed by atoms with E-state index in [1.54, 1.807) is 16.8 Å². The lowest BCUT2D eigenvalue weighted by Gasteiger charge is -2.28. The van der Waals surface area contributed by atoms with Gasteiger partial charge in [0.1, 0.15) is 11.6 Å². The SMILES string of the molecule is O=C1C/C(=C\c2cnn3c(NC4CC4)cc(N4CCNCC4)nc23)C(=O)N1. The topological polar surface area (TPSA) is 104 Å². The number of nitrogens with zero attached hydrogens (tertiary/aromatic N) is 4. The van der Waals surface area contributed by atoms with Crippen LogP contribution in [0.2, 0.25) is 0 Å². The molecule has 1 saturated carbocycles. The largest absolute Gasteiger partial charge is 0.367 e. The molecule has 9 heteroatoms. The van der Waals surface area contributed by atoms with Gasteiger partial charge in [-0.3, -0.25) is 14.9 Å². The van der Waals surface area contributed by atoms with Crippen LogP contribution in [0.15, 0.2) is 17.8 Å². The number of hydrogen-bond acceptors (Lipinski definition) is 7. The van der Waals surface area contributed by atoms with E-state index in [2.05, 4.69) is 25.9 Å². The molecular weight excluding hydrogens is 346 g/mol. The Hall–Kier alpha value is -2.94. The minimum atomic E-state index is -0.339. The summed E-state index contributed by atoms with van der Waals surface area (Å²) in [4.78, 5) is 30.5. The van der Waals surface area contributed by atoms with Gasteiger partial charge in [-0.1, -0.05) is 0 Å². The van der Waals surface area contributed by atoms with Crippen LogP contribution in [0.25, 0.3) is 11.7 Å². The standard InChI is InChI=1S/C18H21N7O2/c26-16-8-11(18(27)23-16)7-12-10-20-25-15(21-13-1-2-13)9-14(22-17(12)25)24-5-3-19-4-6-24/h7,9-10,13,19,21H,1-6,8H2,(H,23,26,27)/b11-7+. The highest BCUT2D eigenvalue weighted by Crippen LogP contribution is 2.29. The number of imide groups is 1. The fourth-order valence-corrected chi connectivity index (χ4v) is 3.47. The van der Waals surface area contributed by atoms with E-state index in [-0.39, 0.29) is 18.2 Å². The van der Waals surface area contributed by atoms with Crippen molar-refractivity contribution in [2.45, 2.75) is 25.3 Å². The molecule has 0 unspecified atom stereocenters. The summed E-state index contributed by atoms with van der Waals surface area (Å²) in [5.74, 6) is 1.20. The molecular formula is C18H21N7O2. The van der Waals surface area contributed by atoms with Crippen molar-refractivity contribution >= 4 is 35.2 Å². The highest BCUT2D eigenvalue weighted by atomic mass is 16.2. The van der Waals surface area contributed by atoms with Crippen LogP contribution in [-0.2, 0) is 9.59 Å². The zero-order valence-electron chi connectivity index (χ0n) is 14.9. The average molecular weight is 367 g/mol. The van der Waals surface area contributed by atoms with E-state index >= 15 is 0 Å². The molecule has 0 radical (unpaired) electrons. The predicted octanol–water partition coefficient (Wildman–Crippen LogP) is 0.143. The van der Waals surface area contributed by atoms with Crippen molar-refractivity contribution in [3.05, 3.63) is 23.4 Å². The van der Waals surface area contributed by atoms with Crippen molar-refractivity contribution in [3.8, 4) is 0 Å². The highest BCUT2D eigenvalue weighted by Gasteiger charge is 2.26. The van der Waals surface area contributed by atoms with Gasteiger partial charge in [0, 0.05) is 49.4 Å². The van der Waals surface area contributed by atoms with Crippen molar-refractivity contribution in [2.75, 3.05) is 36.4 Å². The molecule has 0 atom stereocenters. The molecule has 3 N–H and O–H groups in total. The van der Waals surface area contributed by atoms with Gasteiger partial charge < -0.3 is 15.5 Å². The molecule has 0 bridgehead atoms. The van der Waals surface area contributed by atoms with Crippen LogP contribution in [0.4, 0.5) is 11.6 Å². The quantitative estimate of drug-likeness (QED) is 0.522. The smallest absolute Gasteiger partial charge is 0.254 e. The van der Waals surface area contributed by atoms with Gasteiger partial charge in [0.25, 0.3) is 5.91 Å². The van der Waals surface area contributed by atoms with E-state index in [1.807, 2.05) is 6.07 Å². The maximum Gasteiger partial charge on any atom is 0.254 e. The van der Waals surface area contributed by atoms with Crippen molar-refractivity contribution < 1.29 is 9.59 Å². The Labute approximate surface area is 155 Å². The monoisotopic (exact) mass is 367 g/mol. The second kappa shape index (κ2) is 6.34. The molecule has 2 aromatic heterocycles. The number of piperazine rings is 1. The van der Waals surface area contributed by atoms with Gasteiger partial charge in [-0.05, 0) is 18.9 Å². The Bertz CT molecular complexity index is 954. The molecule has 0 spiro atoms. The Morgan fingerprint density at radius 3 is 2.74 bits per heavy atom. The molecule has 2 saturated heterocycles. The highest BCUT2D eigenvalue weighted by molar-refractivity contribution is 6.15. The van der Waals surface area contributed by atoms with Gasteiger partial charge in [0.2, 0.25) is 5.91 Å². The zero-order valence-corrected chi connectivity index (χ0v) is 14.9. The number of amides is 2. The number of carbonyl (C=O) groups is 2. The summed E-state index contributed by atoms with van der Waals surface area (Å²) in [6, 6.07) is 2.53. The minimum absolute atomic E-state index is 0.0981. The third-order valence-electron chi connectivity index (χ3n) is 5.08. The summed E-state index contributed by atoms with van der Waals surface area (Å²) >= 11 is 0. The van der Waals surface area contributed by atoms with Crippen LogP contribution in [0.5, 0.6) is 0 Å². The van der Waals surface area contributed by atoms with Crippen molar-refractivity contribution in [1.29, 1.82) is 0 Å². The number of anilines is 2. The number of hydrogen-bond donors (Lipinski definition) is 3. The van der Waals surface area contributed by atoms with Crippen LogP contribution < -0.4 is 20.9 Å². The fraction of sp³-hybridized carbons (Fsp3) is 0.444. The van der Waals surface area contributed by atoms with E-state index in [9.17, 15) is 9.59 Å². The van der Waals surface area contributed by atoms with Gasteiger partial charge in [0.05, 0.1) is 12.6 Å². The molecule has 140 valence electrons. The Morgan fingerprint density at radius 1 is 1.22 bits per heavy atom. The van der Waals surface area contributed by atoms with E-state index in [0.29, 0.717) is 17.3 Å². The second-order valence-electron chi connectivity index (χ2n) is 7.21. The molecule has 2 amide bonds. The summed E-state index contributed by atoms with van der Waals surface area (Å²) in [6.45, 7) is 3.65. The number of rotatable bonds is 4. The third kappa shape index (κ3) is 3.14. The van der Waals surface area contributed by atoms with Crippen LogP contribution in [0.3, 0.4) is 0 Å². The molecule has 2 aliphatic heterocycles. The maximum atomic E-state index is 11.9. The first-order valence-corrected chi connectivity index (χ1v) is 9.33. The second-order valence-corrected chi connectivity index (χ2v) is 7.21.